The second-order valence-electron chi connectivity index (χ2n) is 7.82. The Morgan fingerprint density at radius 1 is 0.861 bits per heavy atom. The number of halogens is 6. The van der Waals surface area contributed by atoms with E-state index in [0.717, 1.165) is 0 Å². The maximum absolute atomic E-state index is 14.4. The van der Waals surface area contributed by atoms with Crippen LogP contribution in [0.15, 0.2) is 60.7 Å². The lowest BCUT2D eigenvalue weighted by molar-refractivity contribution is -0.288. The average molecular weight is 513 g/mol. The summed E-state index contributed by atoms with van der Waals surface area (Å²) in [6.07, 6.45) is -12.0. The summed E-state index contributed by atoms with van der Waals surface area (Å²) in [5.41, 5.74) is -3.32. The molecule has 0 spiro atoms. The van der Waals surface area contributed by atoms with E-state index in [1.165, 1.54) is 31.2 Å². The van der Waals surface area contributed by atoms with E-state index in [2.05, 4.69) is 10.4 Å². The number of rotatable bonds is 6. The first-order chi connectivity index (χ1) is 17.1. The van der Waals surface area contributed by atoms with Crippen molar-refractivity contribution in [3.8, 4) is 11.5 Å². The third-order valence-corrected chi connectivity index (χ3v) is 5.50. The van der Waals surface area contributed by atoms with E-state index in [1.807, 2.05) is 0 Å². The molecule has 12 heteroatoms. The summed E-state index contributed by atoms with van der Waals surface area (Å²) in [5.74, 6) is -2.65. The van der Waals surface area contributed by atoms with Crippen LogP contribution in [-0.4, -0.2) is 35.7 Å². The number of nitrogen functional groups attached to an aromatic ring is 1. The molecule has 1 amide bonds. The topological polar surface area (TPSA) is 113 Å². The van der Waals surface area contributed by atoms with Gasteiger partial charge in [-0.1, -0.05) is 24.3 Å². The number of hydrogen-bond acceptors (Lipinski definition) is 5. The highest BCUT2D eigenvalue weighted by Crippen LogP contribution is 2.57. The molecular weight excluding hydrogens is 494 g/mol. The Kier molecular flexibility index (Phi) is 6.29. The molecule has 0 unspecified atom stereocenters. The van der Waals surface area contributed by atoms with Crippen molar-refractivity contribution in [3.05, 3.63) is 82.9 Å². The number of nitrogens with one attached hydrogen (secondary N) is 1. The molecular formula is C24H18F6N2O4. The van der Waals surface area contributed by atoms with E-state index in [0.29, 0.717) is 36.4 Å². The number of Topliss-reactive ketones (excluding diaryl/α,β-unsaturated/α-hetero) is 1. The Hall–Kier alpha value is -4.22. The molecule has 0 saturated carbocycles. The van der Waals surface area contributed by atoms with Gasteiger partial charge in [0.1, 0.15) is 11.5 Å². The van der Waals surface area contributed by atoms with Crippen molar-refractivity contribution in [2.24, 2.45) is 0 Å². The number of phenolic OH excluding ortho intramolecular Hbond substituents is 2. The quantitative estimate of drug-likeness (QED) is 0.150. The van der Waals surface area contributed by atoms with E-state index in [4.69, 9.17) is 7.16 Å². The Morgan fingerprint density at radius 2 is 1.42 bits per heavy atom. The lowest BCUT2D eigenvalue weighted by Crippen LogP contribution is -2.54. The molecule has 0 aromatic heterocycles. The molecule has 0 radical (unpaired) electrons. The maximum atomic E-state index is 14.4. The molecule has 0 fully saturated rings. The molecule has 3 aromatic rings. The second kappa shape index (κ2) is 9.10. The summed E-state index contributed by atoms with van der Waals surface area (Å²) in [5, 5.41) is 16.0. The number of aromatic hydroxyl groups is 2. The van der Waals surface area contributed by atoms with Crippen LogP contribution in [0.1, 0.15) is 38.8 Å². The molecule has 0 saturated heterocycles. The molecule has 0 heterocycles. The lowest BCUT2D eigenvalue weighted by Gasteiger charge is -2.38. The van der Waals surface area contributed by atoms with Crippen molar-refractivity contribution in [2.75, 3.05) is 11.1 Å². The third kappa shape index (κ3) is 4.53. The molecule has 3 rings (SSSR count). The predicted octanol–water partition coefficient (Wildman–Crippen LogP) is 5.55. The summed E-state index contributed by atoms with van der Waals surface area (Å²) in [6.45, 7) is 1.23. The fourth-order valence-electron chi connectivity index (χ4n) is 3.70. The van der Waals surface area contributed by atoms with Gasteiger partial charge in [-0.15, -0.1) is 0 Å². The molecule has 5 N–H and O–H groups in total. The smallest absolute Gasteiger partial charge is 0.411 e. The average Bonchev–Trinajstić information content (AvgIpc) is 2.80. The van der Waals surface area contributed by atoms with Crippen LogP contribution in [0.5, 0.6) is 11.5 Å². The van der Waals surface area contributed by atoms with Gasteiger partial charge in [-0.3, -0.25) is 9.59 Å². The summed E-state index contributed by atoms with van der Waals surface area (Å²) in [6, 6.07) is 8.12. The molecule has 36 heavy (non-hydrogen) atoms. The first-order valence-corrected chi connectivity index (χ1v) is 10.1. The number of anilines is 2. The number of nitrogens with two attached hydrogens (primary N) is 1. The maximum Gasteiger partial charge on any atom is 0.411 e. The number of ketones is 1. The Morgan fingerprint density at radius 3 is 1.94 bits per heavy atom. The number of benzene rings is 3. The summed E-state index contributed by atoms with van der Waals surface area (Å²) in [7, 11) is 0. The van der Waals surface area contributed by atoms with Crippen LogP contribution in [-0.2, 0) is 5.41 Å². The minimum absolute atomic E-state index is 0.127. The van der Waals surface area contributed by atoms with Crippen LogP contribution < -0.4 is 11.1 Å². The Labute approximate surface area is 201 Å². The van der Waals surface area contributed by atoms with Gasteiger partial charge in [-0.25, -0.2) is 0 Å². The first-order valence-electron chi connectivity index (χ1n) is 10.5. The van der Waals surface area contributed by atoms with E-state index < -0.39 is 57.7 Å². The molecule has 0 bridgehead atoms. The van der Waals surface area contributed by atoms with Crippen molar-refractivity contribution in [1.29, 1.82) is 1.43 Å². The Balaban J connectivity index is 2.24. The molecule has 6 nitrogen and oxygen atoms in total. The standard InChI is InChI=1S/C24H18F6N2O4/c1-12(33)13-3-2-4-14(9-13)21(36)32-18-11-16(6-8-20(18)35)22(23(25,26)27,24(28,29)30)15-5-7-19(34)17(31)10-15/h2-11,34-35H,31H2,1H3,(H,32,36)/i/hD. The summed E-state index contributed by atoms with van der Waals surface area (Å²) >= 11 is 0. The summed E-state index contributed by atoms with van der Waals surface area (Å²) in [4.78, 5) is 24.3. The molecule has 3 aromatic carbocycles. The molecule has 0 aliphatic carbocycles. The zero-order chi connectivity index (χ0) is 27.8. The molecule has 0 aliphatic heterocycles. The van der Waals surface area contributed by atoms with E-state index in [9.17, 15) is 41.0 Å². The van der Waals surface area contributed by atoms with Gasteiger partial charge in [0.25, 0.3) is 7.34 Å². The minimum Gasteiger partial charge on any atom is -0.506 e. The molecule has 0 aliphatic rings. The fourth-order valence-corrected chi connectivity index (χ4v) is 3.70. The van der Waals surface area contributed by atoms with Crippen LogP contribution in [0, 0.1) is 0 Å². The molecule has 190 valence electrons. The van der Waals surface area contributed by atoms with Crippen molar-refractivity contribution < 1.29 is 46.1 Å². The van der Waals surface area contributed by atoms with E-state index in [-0.39, 0.29) is 16.9 Å². The largest absolute Gasteiger partial charge is 0.506 e. The number of alkyl halides is 6. The highest BCUT2D eigenvalue weighted by molar-refractivity contribution is 6.06. The van der Waals surface area contributed by atoms with Gasteiger partial charge in [0.2, 0.25) is 5.41 Å². The van der Waals surface area contributed by atoms with Crippen LogP contribution in [0.3, 0.4) is 0 Å². The minimum atomic E-state index is -5.98. The monoisotopic (exact) mass is 513 g/mol. The fraction of sp³-hybridized carbons (Fsp3) is 0.167. The van der Waals surface area contributed by atoms with E-state index in [1.54, 1.807) is 0 Å². The number of amides is 1. The zero-order valence-corrected chi connectivity index (χ0v) is 18.3. The number of phenols is 2. The third-order valence-electron chi connectivity index (χ3n) is 5.50. The number of carbonyl (C=O) groups is 2. The zero-order valence-electron chi connectivity index (χ0n) is 19.3. The van der Waals surface area contributed by atoms with Crippen molar-refractivity contribution >= 4 is 23.1 Å². The van der Waals surface area contributed by atoms with Crippen molar-refractivity contribution in [2.45, 2.75) is 24.7 Å². The summed E-state index contributed by atoms with van der Waals surface area (Å²) < 4.78 is 93.7. The first kappa shape index (κ1) is 24.9. The van der Waals surface area contributed by atoms with Crippen LogP contribution in [0.4, 0.5) is 37.7 Å². The highest BCUT2D eigenvalue weighted by atomic mass is 19.4. The van der Waals surface area contributed by atoms with Crippen LogP contribution in [0.2, 0.25) is 0 Å². The highest BCUT2D eigenvalue weighted by Gasteiger charge is 2.72. The van der Waals surface area contributed by atoms with Gasteiger partial charge in [-0.2, -0.15) is 26.3 Å². The van der Waals surface area contributed by atoms with Gasteiger partial charge in [0, 0.05) is 11.1 Å². The SMILES string of the molecule is [2H]Oc1ccc(C(c2ccc(O)c(N)c2)(C(F)(F)F)C(F)(F)F)cc1NC(=O)c1cccc(C(C)=O)c1. The van der Waals surface area contributed by atoms with Crippen molar-refractivity contribution in [1.82, 2.24) is 0 Å². The van der Waals surface area contributed by atoms with Crippen LogP contribution >= 0.6 is 0 Å². The normalized spacial score (nSPS) is 12.6. The predicted molar refractivity (Wildman–Crippen MR) is 118 cm³/mol. The van der Waals surface area contributed by atoms with Gasteiger partial charge < -0.3 is 21.3 Å². The lowest BCUT2D eigenvalue weighted by atomic mass is 9.72. The van der Waals surface area contributed by atoms with Crippen LogP contribution in [0.25, 0.3) is 0 Å². The van der Waals surface area contributed by atoms with Gasteiger partial charge in [0.05, 0.1) is 11.4 Å². The molecule has 0 atom stereocenters. The van der Waals surface area contributed by atoms with Gasteiger partial charge >= 0.3 is 12.4 Å². The Bertz CT molecular complexity index is 1340. The number of carbonyl (C=O) groups excluding carboxylic acids is 2. The van der Waals surface area contributed by atoms with Crippen molar-refractivity contribution in [3.63, 3.8) is 0 Å². The van der Waals surface area contributed by atoms with Gasteiger partial charge in [0.15, 0.2) is 5.78 Å². The van der Waals surface area contributed by atoms with Gasteiger partial charge in [-0.05, 0) is 54.4 Å². The van der Waals surface area contributed by atoms with E-state index >= 15 is 0 Å². The number of hydrogen-bond donors (Lipinski definition) is 4. The second-order valence-corrected chi connectivity index (χ2v) is 7.82.